The van der Waals surface area contributed by atoms with Crippen molar-refractivity contribution in [2.75, 3.05) is 4.90 Å². The molecule has 0 saturated carbocycles. The highest BCUT2D eigenvalue weighted by Gasteiger charge is 2.33. The highest BCUT2D eigenvalue weighted by atomic mass is 32.2. The fourth-order valence-electron chi connectivity index (χ4n) is 1.95. The van der Waals surface area contributed by atoms with Gasteiger partial charge in [0.1, 0.15) is 5.76 Å². The van der Waals surface area contributed by atoms with E-state index in [9.17, 15) is 9.59 Å². The third kappa shape index (κ3) is 2.68. The molecule has 1 N–H and O–H groups in total. The summed E-state index contributed by atoms with van der Waals surface area (Å²) in [5, 5.41) is 8.90. The molecule has 7 heteroatoms. The summed E-state index contributed by atoms with van der Waals surface area (Å²) in [5.41, 5.74) is 0.690. The van der Waals surface area contributed by atoms with Gasteiger partial charge in [0.2, 0.25) is 0 Å². The van der Waals surface area contributed by atoms with Gasteiger partial charge in [0.15, 0.2) is 4.32 Å². The summed E-state index contributed by atoms with van der Waals surface area (Å²) in [7, 11) is 0. The zero-order valence-electron chi connectivity index (χ0n) is 11.1. The number of carbonyl (C=O) groups is 2. The minimum absolute atomic E-state index is 0.153. The summed E-state index contributed by atoms with van der Waals surface area (Å²) >= 11 is 6.41. The second-order valence-corrected chi connectivity index (χ2v) is 6.06. The molecule has 3 rings (SSSR count). The van der Waals surface area contributed by atoms with E-state index in [0.29, 0.717) is 20.7 Å². The maximum absolute atomic E-state index is 12.5. The molecule has 1 amide bonds. The number of thiocarbonyl (C=S) groups is 1. The molecule has 1 aliphatic heterocycles. The Labute approximate surface area is 135 Å². The summed E-state index contributed by atoms with van der Waals surface area (Å²) in [4.78, 5) is 25.2. The van der Waals surface area contributed by atoms with Crippen LogP contribution >= 0.6 is 24.0 Å². The minimum Gasteiger partial charge on any atom is -0.478 e. The second-order valence-electron chi connectivity index (χ2n) is 4.38. The smallest absolute Gasteiger partial charge is 0.335 e. The number of carbonyl (C=O) groups excluding carboxylic acids is 1. The molecule has 0 spiro atoms. The van der Waals surface area contributed by atoms with Crippen molar-refractivity contribution < 1.29 is 19.1 Å². The van der Waals surface area contributed by atoms with Crippen LogP contribution in [-0.2, 0) is 4.79 Å². The molecule has 1 aromatic heterocycles. The Balaban J connectivity index is 1.90. The number of carboxylic acid groups (broad SMARTS) is 1. The number of furan rings is 1. The molecule has 1 fully saturated rings. The molecule has 1 saturated heterocycles. The number of rotatable bonds is 3. The zero-order valence-corrected chi connectivity index (χ0v) is 12.7. The SMILES string of the molecule is O=C(O)c1ccc(N2C(=O)C(=Cc3ccco3)SC2=S)cc1. The van der Waals surface area contributed by atoms with Crippen molar-refractivity contribution in [3.05, 3.63) is 58.9 Å². The predicted molar refractivity (Wildman–Crippen MR) is 87.8 cm³/mol. The van der Waals surface area contributed by atoms with Crippen LogP contribution in [0, 0.1) is 0 Å². The first kappa shape index (κ1) is 14.6. The van der Waals surface area contributed by atoms with E-state index >= 15 is 0 Å². The van der Waals surface area contributed by atoms with Crippen molar-refractivity contribution >= 4 is 51.9 Å². The highest BCUT2D eigenvalue weighted by Crippen LogP contribution is 2.36. The lowest BCUT2D eigenvalue weighted by Gasteiger charge is -2.14. The summed E-state index contributed by atoms with van der Waals surface area (Å²) in [6.07, 6.45) is 3.15. The predicted octanol–water partition coefficient (Wildman–Crippen LogP) is 3.38. The first-order valence-corrected chi connectivity index (χ1v) is 7.43. The molecule has 0 bridgehead atoms. The van der Waals surface area contributed by atoms with E-state index in [4.69, 9.17) is 21.7 Å². The molecule has 1 aliphatic rings. The van der Waals surface area contributed by atoms with Crippen LogP contribution in [0.1, 0.15) is 16.1 Å². The number of amides is 1. The van der Waals surface area contributed by atoms with E-state index in [1.807, 2.05) is 0 Å². The number of hydrogen-bond acceptors (Lipinski definition) is 5. The molecular weight excluding hydrogens is 322 g/mol. The van der Waals surface area contributed by atoms with Gasteiger partial charge in [-0.3, -0.25) is 9.69 Å². The van der Waals surface area contributed by atoms with E-state index < -0.39 is 5.97 Å². The molecule has 110 valence electrons. The van der Waals surface area contributed by atoms with Gasteiger partial charge in [0.25, 0.3) is 5.91 Å². The van der Waals surface area contributed by atoms with Gasteiger partial charge in [-0.2, -0.15) is 0 Å². The van der Waals surface area contributed by atoms with Gasteiger partial charge >= 0.3 is 5.97 Å². The fraction of sp³-hybridized carbons (Fsp3) is 0. The monoisotopic (exact) mass is 331 g/mol. The Morgan fingerprint density at radius 1 is 1.27 bits per heavy atom. The van der Waals surface area contributed by atoms with Crippen LogP contribution in [0.25, 0.3) is 6.08 Å². The summed E-state index contributed by atoms with van der Waals surface area (Å²) in [6, 6.07) is 9.47. The van der Waals surface area contributed by atoms with Crippen molar-refractivity contribution in [1.29, 1.82) is 0 Å². The molecule has 2 aromatic rings. The van der Waals surface area contributed by atoms with E-state index in [1.165, 1.54) is 35.1 Å². The van der Waals surface area contributed by atoms with Crippen LogP contribution in [0.5, 0.6) is 0 Å². The average molecular weight is 331 g/mol. The van der Waals surface area contributed by atoms with E-state index in [1.54, 1.807) is 30.3 Å². The van der Waals surface area contributed by atoms with Crippen molar-refractivity contribution in [1.82, 2.24) is 0 Å². The lowest BCUT2D eigenvalue weighted by molar-refractivity contribution is -0.113. The summed E-state index contributed by atoms with van der Waals surface area (Å²) in [5.74, 6) is -0.703. The van der Waals surface area contributed by atoms with Crippen LogP contribution in [0.3, 0.4) is 0 Å². The van der Waals surface area contributed by atoms with Crippen molar-refractivity contribution in [3.63, 3.8) is 0 Å². The van der Waals surface area contributed by atoms with Gasteiger partial charge in [-0.25, -0.2) is 4.79 Å². The maximum Gasteiger partial charge on any atom is 0.335 e. The number of carboxylic acids is 1. The largest absolute Gasteiger partial charge is 0.478 e. The van der Waals surface area contributed by atoms with Crippen molar-refractivity contribution in [2.45, 2.75) is 0 Å². The third-order valence-electron chi connectivity index (χ3n) is 2.98. The number of hydrogen-bond donors (Lipinski definition) is 1. The number of benzene rings is 1. The van der Waals surface area contributed by atoms with Gasteiger partial charge < -0.3 is 9.52 Å². The van der Waals surface area contributed by atoms with Crippen molar-refractivity contribution in [3.8, 4) is 0 Å². The Bertz CT molecular complexity index is 778. The van der Waals surface area contributed by atoms with Crippen LogP contribution in [0.4, 0.5) is 5.69 Å². The topological polar surface area (TPSA) is 70.8 Å². The van der Waals surface area contributed by atoms with Crippen LogP contribution < -0.4 is 4.90 Å². The first-order valence-electron chi connectivity index (χ1n) is 6.21. The Hall–Kier alpha value is -2.38. The normalized spacial score (nSPS) is 16.5. The highest BCUT2D eigenvalue weighted by molar-refractivity contribution is 8.27. The van der Waals surface area contributed by atoms with Crippen molar-refractivity contribution in [2.24, 2.45) is 0 Å². The maximum atomic E-state index is 12.5. The summed E-state index contributed by atoms with van der Waals surface area (Å²) in [6.45, 7) is 0. The lowest BCUT2D eigenvalue weighted by atomic mass is 10.2. The fourth-order valence-corrected chi connectivity index (χ4v) is 3.23. The number of nitrogens with zero attached hydrogens (tertiary/aromatic N) is 1. The van der Waals surface area contributed by atoms with E-state index in [-0.39, 0.29) is 11.5 Å². The number of aromatic carboxylic acids is 1. The third-order valence-corrected chi connectivity index (χ3v) is 4.28. The average Bonchev–Trinajstić information content (AvgIpc) is 3.09. The molecule has 0 atom stereocenters. The van der Waals surface area contributed by atoms with Gasteiger partial charge in [0.05, 0.1) is 22.4 Å². The molecule has 22 heavy (non-hydrogen) atoms. The molecule has 1 aromatic carbocycles. The molecule has 5 nitrogen and oxygen atoms in total. The van der Waals surface area contributed by atoms with Crippen LogP contribution in [0.2, 0.25) is 0 Å². The second kappa shape index (κ2) is 5.78. The van der Waals surface area contributed by atoms with Crippen LogP contribution in [-0.4, -0.2) is 21.3 Å². The zero-order chi connectivity index (χ0) is 15.7. The van der Waals surface area contributed by atoms with Gasteiger partial charge in [0, 0.05) is 6.08 Å². The molecule has 0 aliphatic carbocycles. The molecule has 2 heterocycles. The quantitative estimate of drug-likeness (QED) is 0.687. The van der Waals surface area contributed by atoms with E-state index in [0.717, 1.165) is 0 Å². The van der Waals surface area contributed by atoms with Crippen LogP contribution in [0.15, 0.2) is 52.0 Å². The lowest BCUT2D eigenvalue weighted by Crippen LogP contribution is -2.27. The Morgan fingerprint density at radius 2 is 2.00 bits per heavy atom. The number of thioether (sulfide) groups is 1. The molecule has 0 radical (unpaired) electrons. The minimum atomic E-state index is -1.02. The summed E-state index contributed by atoms with van der Waals surface area (Å²) < 4.78 is 5.59. The van der Waals surface area contributed by atoms with Gasteiger partial charge in [-0.1, -0.05) is 24.0 Å². The molecule has 0 unspecified atom stereocenters. The van der Waals surface area contributed by atoms with Gasteiger partial charge in [-0.05, 0) is 36.4 Å². The number of anilines is 1. The van der Waals surface area contributed by atoms with E-state index in [2.05, 4.69) is 0 Å². The standard InChI is InChI=1S/C15H9NO4S2/c17-13-12(8-11-2-1-7-20-11)22-15(21)16(13)10-5-3-9(4-6-10)14(18)19/h1-8H,(H,18,19). The first-order chi connectivity index (χ1) is 10.6. The molecular formula is C15H9NO4S2. The Morgan fingerprint density at radius 3 is 2.59 bits per heavy atom. The van der Waals surface area contributed by atoms with Gasteiger partial charge in [-0.15, -0.1) is 0 Å². The Kier molecular flexibility index (Phi) is 3.82.